The molecule has 0 aliphatic carbocycles. The summed E-state index contributed by atoms with van der Waals surface area (Å²) in [7, 11) is 1.63. The fraction of sp³-hybridized carbons (Fsp3) is 0.562. The second-order valence-electron chi connectivity index (χ2n) is 5.39. The third-order valence-corrected chi connectivity index (χ3v) is 3.78. The molecule has 2 unspecified atom stereocenters. The van der Waals surface area contributed by atoms with Crippen LogP contribution in [0.25, 0.3) is 0 Å². The average Bonchev–Trinajstić information content (AvgIpc) is 2.50. The third kappa shape index (κ3) is 5.16. The van der Waals surface area contributed by atoms with E-state index < -0.39 is 0 Å². The van der Waals surface area contributed by atoms with E-state index in [1.807, 2.05) is 18.2 Å². The zero-order valence-corrected chi connectivity index (χ0v) is 13.9. The molecule has 1 heterocycles. The molecule has 2 rings (SSSR count). The summed E-state index contributed by atoms with van der Waals surface area (Å²) in [5, 5.41) is 6.46. The van der Waals surface area contributed by atoms with Crippen molar-refractivity contribution in [3.8, 4) is 5.75 Å². The van der Waals surface area contributed by atoms with E-state index in [4.69, 9.17) is 9.47 Å². The summed E-state index contributed by atoms with van der Waals surface area (Å²) in [6.45, 7) is 4.97. The molecule has 0 aromatic heterocycles. The van der Waals surface area contributed by atoms with Crippen LogP contribution in [0.2, 0.25) is 0 Å². The molecule has 1 aliphatic heterocycles. The van der Waals surface area contributed by atoms with E-state index in [-0.39, 0.29) is 24.4 Å². The largest absolute Gasteiger partial charge is 0.490 e. The molecule has 22 heavy (non-hydrogen) atoms. The van der Waals surface area contributed by atoms with Gasteiger partial charge in [-0.25, -0.2) is 0 Å². The number of halogens is 1. The minimum Gasteiger partial charge on any atom is -0.490 e. The second kappa shape index (κ2) is 9.66. The van der Waals surface area contributed by atoms with Crippen LogP contribution >= 0.6 is 12.4 Å². The van der Waals surface area contributed by atoms with Gasteiger partial charge in [0.05, 0.1) is 12.2 Å². The van der Waals surface area contributed by atoms with Gasteiger partial charge in [0.15, 0.2) is 0 Å². The topological polar surface area (TPSA) is 59.6 Å². The van der Waals surface area contributed by atoms with E-state index in [1.165, 1.54) is 0 Å². The number of ether oxygens (including phenoxy) is 2. The van der Waals surface area contributed by atoms with E-state index in [0.29, 0.717) is 30.4 Å². The van der Waals surface area contributed by atoms with E-state index in [1.54, 1.807) is 13.2 Å². The smallest absolute Gasteiger partial charge is 0.255 e. The zero-order chi connectivity index (χ0) is 15.1. The summed E-state index contributed by atoms with van der Waals surface area (Å²) >= 11 is 0. The van der Waals surface area contributed by atoms with Gasteiger partial charge in [0.1, 0.15) is 12.4 Å². The first-order valence-electron chi connectivity index (χ1n) is 7.44. The molecule has 1 amide bonds. The minimum atomic E-state index is -0.0678. The number of para-hydroxylation sites is 1. The monoisotopic (exact) mass is 328 g/mol. The maximum absolute atomic E-state index is 12.5. The number of piperidine rings is 1. The Labute approximate surface area is 138 Å². The number of nitrogens with one attached hydrogen (secondary N) is 2. The lowest BCUT2D eigenvalue weighted by molar-refractivity contribution is 0.0906. The summed E-state index contributed by atoms with van der Waals surface area (Å²) < 4.78 is 10.6. The van der Waals surface area contributed by atoms with Gasteiger partial charge in [-0.2, -0.15) is 0 Å². The fourth-order valence-electron chi connectivity index (χ4n) is 2.49. The van der Waals surface area contributed by atoms with Gasteiger partial charge in [-0.1, -0.05) is 19.1 Å². The Hall–Kier alpha value is -1.30. The Bertz CT molecular complexity index is 470. The van der Waals surface area contributed by atoms with Gasteiger partial charge in [-0.15, -0.1) is 12.4 Å². The SMILES string of the molecule is COCCOc1ccccc1C(=O)NC1CCNCC1C.Cl. The second-order valence-corrected chi connectivity index (χ2v) is 5.39. The molecule has 5 nitrogen and oxygen atoms in total. The third-order valence-electron chi connectivity index (χ3n) is 3.78. The summed E-state index contributed by atoms with van der Waals surface area (Å²) in [5.41, 5.74) is 0.583. The number of carbonyl (C=O) groups is 1. The minimum absolute atomic E-state index is 0. The highest BCUT2D eigenvalue weighted by atomic mass is 35.5. The molecule has 1 aromatic carbocycles. The van der Waals surface area contributed by atoms with Crippen molar-refractivity contribution in [1.29, 1.82) is 0 Å². The molecule has 0 radical (unpaired) electrons. The maximum Gasteiger partial charge on any atom is 0.255 e. The molecule has 1 fully saturated rings. The Morgan fingerprint density at radius 2 is 2.14 bits per heavy atom. The summed E-state index contributed by atoms with van der Waals surface area (Å²) in [5.74, 6) is 0.972. The van der Waals surface area contributed by atoms with Crippen LogP contribution < -0.4 is 15.4 Å². The van der Waals surface area contributed by atoms with Crippen LogP contribution in [0.4, 0.5) is 0 Å². The molecule has 2 N–H and O–H groups in total. The number of methoxy groups -OCH3 is 1. The van der Waals surface area contributed by atoms with Crippen molar-refractivity contribution < 1.29 is 14.3 Å². The first-order chi connectivity index (χ1) is 10.2. The van der Waals surface area contributed by atoms with Crippen LogP contribution in [0.3, 0.4) is 0 Å². The van der Waals surface area contributed by atoms with Crippen molar-refractivity contribution in [2.75, 3.05) is 33.4 Å². The number of benzene rings is 1. The lowest BCUT2D eigenvalue weighted by atomic mass is 9.95. The van der Waals surface area contributed by atoms with Crippen molar-refractivity contribution >= 4 is 18.3 Å². The molecule has 0 spiro atoms. The number of carbonyl (C=O) groups excluding carboxylic acids is 1. The van der Waals surface area contributed by atoms with Crippen LogP contribution in [0.15, 0.2) is 24.3 Å². The lowest BCUT2D eigenvalue weighted by Crippen LogP contribution is -2.48. The van der Waals surface area contributed by atoms with Gasteiger partial charge in [0, 0.05) is 13.2 Å². The van der Waals surface area contributed by atoms with Gasteiger partial charge in [-0.05, 0) is 37.6 Å². The normalized spacial score (nSPS) is 20.8. The Morgan fingerprint density at radius 3 is 2.86 bits per heavy atom. The summed E-state index contributed by atoms with van der Waals surface area (Å²) in [6, 6.07) is 7.54. The Balaban J connectivity index is 0.00000242. The fourth-order valence-corrected chi connectivity index (χ4v) is 2.49. The summed E-state index contributed by atoms with van der Waals surface area (Å²) in [6.07, 6.45) is 0.958. The van der Waals surface area contributed by atoms with Crippen molar-refractivity contribution in [3.63, 3.8) is 0 Å². The van der Waals surface area contributed by atoms with Crippen molar-refractivity contribution in [2.45, 2.75) is 19.4 Å². The average molecular weight is 329 g/mol. The predicted molar refractivity (Wildman–Crippen MR) is 89.0 cm³/mol. The van der Waals surface area contributed by atoms with Gasteiger partial charge in [0.2, 0.25) is 0 Å². The van der Waals surface area contributed by atoms with E-state index in [0.717, 1.165) is 19.5 Å². The van der Waals surface area contributed by atoms with E-state index >= 15 is 0 Å². The molecule has 1 aliphatic rings. The molecular formula is C16H25ClN2O3. The number of hydrogen-bond acceptors (Lipinski definition) is 4. The van der Waals surface area contributed by atoms with Crippen LogP contribution in [-0.4, -0.2) is 45.4 Å². The Kier molecular flexibility index (Phi) is 8.24. The van der Waals surface area contributed by atoms with Crippen LogP contribution in [0, 0.1) is 5.92 Å². The zero-order valence-electron chi connectivity index (χ0n) is 13.1. The number of rotatable bonds is 6. The maximum atomic E-state index is 12.5. The van der Waals surface area contributed by atoms with Crippen molar-refractivity contribution in [2.24, 2.45) is 5.92 Å². The molecule has 0 bridgehead atoms. The van der Waals surface area contributed by atoms with E-state index in [9.17, 15) is 4.79 Å². The van der Waals surface area contributed by atoms with Crippen LogP contribution in [0.1, 0.15) is 23.7 Å². The highest BCUT2D eigenvalue weighted by molar-refractivity contribution is 5.97. The Morgan fingerprint density at radius 1 is 1.36 bits per heavy atom. The molecule has 6 heteroatoms. The number of hydrogen-bond donors (Lipinski definition) is 2. The first-order valence-corrected chi connectivity index (χ1v) is 7.44. The molecule has 124 valence electrons. The molecule has 1 saturated heterocycles. The van der Waals surface area contributed by atoms with E-state index in [2.05, 4.69) is 17.6 Å². The van der Waals surface area contributed by atoms with Crippen molar-refractivity contribution in [1.82, 2.24) is 10.6 Å². The van der Waals surface area contributed by atoms with Crippen LogP contribution in [-0.2, 0) is 4.74 Å². The van der Waals surface area contributed by atoms with Crippen LogP contribution in [0.5, 0.6) is 5.75 Å². The highest BCUT2D eigenvalue weighted by Gasteiger charge is 2.24. The van der Waals surface area contributed by atoms with Gasteiger partial charge in [-0.3, -0.25) is 4.79 Å². The number of amides is 1. The standard InChI is InChI=1S/C16H24N2O3.ClH/c1-12-11-17-8-7-14(12)18-16(19)13-5-3-4-6-15(13)21-10-9-20-2;/h3-6,12,14,17H,7-11H2,1-2H3,(H,18,19);1H. The molecule has 0 saturated carbocycles. The highest BCUT2D eigenvalue weighted by Crippen LogP contribution is 2.19. The molecule has 2 atom stereocenters. The quantitative estimate of drug-likeness (QED) is 0.783. The lowest BCUT2D eigenvalue weighted by Gasteiger charge is -2.30. The van der Waals surface area contributed by atoms with Gasteiger partial charge < -0.3 is 20.1 Å². The van der Waals surface area contributed by atoms with Crippen molar-refractivity contribution in [3.05, 3.63) is 29.8 Å². The predicted octanol–water partition coefficient (Wildman–Crippen LogP) is 1.86. The van der Waals surface area contributed by atoms with Gasteiger partial charge >= 0.3 is 0 Å². The first kappa shape index (κ1) is 18.7. The van der Waals surface area contributed by atoms with Gasteiger partial charge in [0.25, 0.3) is 5.91 Å². The molecule has 1 aromatic rings. The molecular weight excluding hydrogens is 304 g/mol. The summed E-state index contributed by atoms with van der Waals surface area (Å²) in [4.78, 5) is 12.5.